The van der Waals surface area contributed by atoms with Crippen LogP contribution in [0.15, 0.2) is 46.9 Å². The Bertz CT molecular complexity index is 663. The first-order valence-corrected chi connectivity index (χ1v) is 7.45. The highest BCUT2D eigenvalue weighted by Crippen LogP contribution is 2.33. The Morgan fingerprint density at radius 3 is 2.67 bits per heavy atom. The van der Waals surface area contributed by atoms with Crippen molar-refractivity contribution in [2.24, 2.45) is 0 Å². The Kier molecular flexibility index (Phi) is 5.20. The minimum absolute atomic E-state index is 0.0933. The van der Waals surface area contributed by atoms with Crippen molar-refractivity contribution in [1.82, 2.24) is 0 Å². The van der Waals surface area contributed by atoms with E-state index in [4.69, 9.17) is 16.3 Å². The summed E-state index contributed by atoms with van der Waals surface area (Å²) in [7, 11) is 1.59. The van der Waals surface area contributed by atoms with Crippen molar-refractivity contribution in [1.29, 1.82) is 0 Å². The van der Waals surface area contributed by atoms with Gasteiger partial charge in [-0.2, -0.15) is 0 Å². The summed E-state index contributed by atoms with van der Waals surface area (Å²) >= 11 is 9.81. The van der Waals surface area contributed by atoms with Gasteiger partial charge >= 0.3 is 0 Å². The van der Waals surface area contributed by atoms with Gasteiger partial charge in [-0.1, -0.05) is 24.3 Å². The van der Waals surface area contributed by atoms with Crippen LogP contribution in [0.2, 0.25) is 0 Å². The second-order valence-corrected chi connectivity index (χ2v) is 5.83. The van der Waals surface area contributed by atoms with E-state index in [0.29, 0.717) is 17.7 Å². The Balaban J connectivity index is 2.24. The van der Waals surface area contributed by atoms with Crippen molar-refractivity contribution in [3.05, 3.63) is 68.2 Å². The highest BCUT2D eigenvalue weighted by molar-refractivity contribution is 9.10. The predicted molar refractivity (Wildman–Crippen MR) is 86.1 cm³/mol. The molecule has 2 aromatic rings. The van der Waals surface area contributed by atoms with E-state index in [-0.39, 0.29) is 16.0 Å². The van der Waals surface area contributed by atoms with E-state index in [2.05, 4.69) is 15.9 Å². The van der Waals surface area contributed by atoms with Crippen LogP contribution in [0.3, 0.4) is 0 Å². The summed E-state index contributed by atoms with van der Waals surface area (Å²) < 4.78 is 5.97. The number of ether oxygens (including phenoxy) is 1. The molecular weight excluding hydrogens is 358 g/mol. The second kappa shape index (κ2) is 6.91. The topological polar surface area (TPSA) is 52.4 Å². The summed E-state index contributed by atoms with van der Waals surface area (Å²) in [4.78, 5) is 10.6. The van der Waals surface area contributed by atoms with E-state index < -0.39 is 0 Å². The Hall–Kier alpha value is -1.59. The van der Waals surface area contributed by atoms with Crippen LogP contribution in [-0.4, -0.2) is 12.0 Å². The zero-order valence-electron chi connectivity index (χ0n) is 11.3. The maximum absolute atomic E-state index is 11.0. The molecule has 2 aromatic carbocycles. The summed E-state index contributed by atoms with van der Waals surface area (Å²) in [5.41, 5.74) is 1.59. The van der Waals surface area contributed by atoms with Crippen molar-refractivity contribution < 1.29 is 9.66 Å². The van der Waals surface area contributed by atoms with E-state index in [1.165, 1.54) is 6.07 Å². The van der Waals surface area contributed by atoms with Gasteiger partial charge < -0.3 is 4.74 Å². The molecule has 21 heavy (non-hydrogen) atoms. The second-order valence-electron chi connectivity index (χ2n) is 4.45. The Morgan fingerprint density at radius 2 is 2.05 bits per heavy atom. The van der Waals surface area contributed by atoms with Gasteiger partial charge in [-0.15, -0.1) is 11.6 Å². The third-order valence-corrected chi connectivity index (χ3v) is 4.15. The van der Waals surface area contributed by atoms with Gasteiger partial charge in [0.1, 0.15) is 5.75 Å². The Labute approximate surface area is 136 Å². The maximum Gasteiger partial charge on any atom is 0.272 e. The molecule has 0 spiro atoms. The van der Waals surface area contributed by atoms with Crippen molar-refractivity contribution in [3.63, 3.8) is 0 Å². The molecule has 0 aromatic heterocycles. The van der Waals surface area contributed by atoms with Crippen LogP contribution in [0.4, 0.5) is 5.69 Å². The van der Waals surface area contributed by atoms with Gasteiger partial charge in [0.25, 0.3) is 5.69 Å². The normalized spacial score (nSPS) is 12.0. The van der Waals surface area contributed by atoms with Crippen molar-refractivity contribution in [3.8, 4) is 5.75 Å². The first kappa shape index (κ1) is 15.8. The van der Waals surface area contributed by atoms with E-state index in [1.54, 1.807) is 25.3 Å². The fourth-order valence-corrected chi connectivity index (χ4v) is 2.91. The molecule has 0 aliphatic heterocycles. The molecule has 0 saturated carbocycles. The molecule has 1 atom stereocenters. The number of nitrogens with zero attached hydrogens (tertiary/aromatic N) is 1. The first-order chi connectivity index (χ1) is 10.0. The number of para-hydroxylation sites is 1. The summed E-state index contributed by atoms with van der Waals surface area (Å²) in [6.07, 6.45) is 0.386. The SMILES string of the molecule is COc1ccc(C(Cl)Cc2ccccc2[N+](=O)[O-])cc1Br. The van der Waals surface area contributed by atoms with E-state index in [9.17, 15) is 10.1 Å². The average Bonchev–Trinajstić information content (AvgIpc) is 2.47. The molecule has 0 saturated heterocycles. The number of alkyl halides is 1. The highest BCUT2D eigenvalue weighted by atomic mass is 79.9. The van der Waals surface area contributed by atoms with E-state index in [1.807, 2.05) is 18.2 Å². The monoisotopic (exact) mass is 369 g/mol. The number of nitro groups is 1. The lowest BCUT2D eigenvalue weighted by molar-refractivity contribution is -0.385. The molecule has 0 bridgehead atoms. The van der Waals surface area contributed by atoms with Gasteiger partial charge in [0.2, 0.25) is 0 Å². The van der Waals surface area contributed by atoms with Crippen LogP contribution < -0.4 is 4.74 Å². The molecule has 0 heterocycles. The van der Waals surface area contributed by atoms with Crippen LogP contribution in [0.1, 0.15) is 16.5 Å². The fourth-order valence-electron chi connectivity index (χ4n) is 2.05. The number of halogens is 2. The minimum atomic E-state index is -0.386. The average molecular weight is 371 g/mol. The lowest BCUT2D eigenvalue weighted by Gasteiger charge is -2.12. The quantitative estimate of drug-likeness (QED) is 0.428. The van der Waals surface area contributed by atoms with Crippen molar-refractivity contribution >= 4 is 33.2 Å². The molecule has 6 heteroatoms. The van der Waals surface area contributed by atoms with E-state index >= 15 is 0 Å². The smallest absolute Gasteiger partial charge is 0.272 e. The lowest BCUT2D eigenvalue weighted by atomic mass is 10.0. The zero-order valence-corrected chi connectivity index (χ0v) is 13.6. The molecule has 2 rings (SSSR count). The summed E-state index contributed by atoms with van der Waals surface area (Å²) in [5.74, 6) is 0.716. The summed E-state index contributed by atoms with van der Waals surface area (Å²) in [6, 6.07) is 12.2. The van der Waals surface area contributed by atoms with Crippen LogP contribution in [0.5, 0.6) is 5.75 Å². The third kappa shape index (κ3) is 3.74. The molecule has 110 valence electrons. The first-order valence-electron chi connectivity index (χ1n) is 6.22. The van der Waals surface area contributed by atoms with Gasteiger partial charge in [0.05, 0.1) is 21.9 Å². The van der Waals surface area contributed by atoms with Crippen LogP contribution in [-0.2, 0) is 6.42 Å². The molecule has 0 radical (unpaired) electrons. The lowest BCUT2D eigenvalue weighted by Crippen LogP contribution is -2.00. The predicted octanol–water partition coefficient (Wildman–Crippen LogP) is 4.89. The molecule has 0 fully saturated rings. The highest BCUT2D eigenvalue weighted by Gasteiger charge is 2.18. The number of hydrogen-bond acceptors (Lipinski definition) is 3. The van der Waals surface area contributed by atoms with Crippen LogP contribution in [0.25, 0.3) is 0 Å². The van der Waals surface area contributed by atoms with Crippen molar-refractivity contribution in [2.75, 3.05) is 7.11 Å². The molecule has 0 amide bonds. The van der Waals surface area contributed by atoms with E-state index in [0.717, 1.165) is 10.0 Å². The van der Waals surface area contributed by atoms with Gasteiger partial charge in [0, 0.05) is 11.6 Å². The van der Waals surface area contributed by atoms with Gasteiger partial charge in [-0.05, 0) is 40.0 Å². The molecule has 0 N–H and O–H groups in total. The maximum atomic E-state index is 11.0. The number of nitro benzene ring substituents is 1. The summed E-state index contributed by atoms with van der Waals surface area (Å²) in [6.45, 7) is 0. The standard InChI is InChI=1S/C15H13BrClNO3/c1-21-15-7-6-10(8-12(15)16)13(17)9-11-4-2-3-5-14(11)18(19)20/h2-8,13H,9H2,1H3. The number of methoxy groups -OCH3 is 1. The van der Waals surface area contributed by atoms with Crippen LogP contribution >= 0.6 is 27.5 Å². The molecular formula is C15H13BrClNO3. The molecule has 4 nitrogen and oxygen atoms in total. The fraction of sp³-hybridized carbons (Fsp3) is 0.200. The number of benzene rings is 2. The number of rotatable bonds is 5. The van der Waals surface area contributed by atoms with Gasteiger partial charge in [-0.3, -0.25) is 10.1 Å². The van der Waals surface area contributed by atoms with Crippen LogP contribution in [0, 0.1) is 10.1 Å². The van der Waals surface area contributed by atoms with Gasteiger partial charge in [-0.25, -0.2) is 0 Å². The molecule has 1 unspecified atom stereocenters. The third-order valence-electron chi connectivity index (χ3n) is 3.12. The molecule has 0 aliphatic rings. The zero-order chi connectivity index (χ0) is 15.4. The molecule has 0 aliphatic carbocycles. The number of hydrogen-bond donors (Lipinski definition) is 0. The van der Waals surface area contributed by atoms with Gasteiger partial charge in [0.15, 0.2) is 0 Å². The Morgan fingerprint density at radius 1 is 1.33 bits per heavy atom. The summed E-state index contributed by atoms with van der Waals surface area (Å²) in [5, 5.41) is 10.7. The van der Waals surface area contributed by atoms with Crippen molar-refractivity contribution in [2.45, 2.75) is 11.8 Å². The largest absolute Gasteiger partial charge is 0.496 e. The minimum Gasteiger partial charge on any atom is -0.496 e.